The molecule has 0 bridgehead atoms. The van der Waals surface area contributed by atoms with Gasteiger partial charge in [0, 0.05) is 19.0 Å². The number of halogens is 2. The van der Waals surface area contributed by atoms with Crippen LogP contribution in [0.25, 0.3) is 0 Å². The Bertz CT molecular complexity index is 650. The normalized spacial score (nSPS) is 27.0. The lowest BCUT2D eigenvalue weighted by Crippen LogP contribution is -2.43. The molecular formula is C19H28F2N4O2. The quantitative estimate of drug-likeness (QED) is 0.803. The van der Waals surface area contributed by atoms with Gasteiger partial charge in [0.2, 0.25) is 5.91 Å². The topological polar surface area (TPSA) is 60.2 Å². The van der Waals surface area contributed by atoms with E-state index in [9.17, 15) is 13.6 Å². The molecule has 1 saturated heterocycles. The van der Waals surface area contributed by atoms with Crippen molar-refractivity contribution in [2.24, 2.45) is 5.92 Å². The van der Waals surface area contributed by atoms with Crippen LogP contribution in [0.4, 0.5) is 8.78 Å². The molecule has 6 nitrogen and oxygen atoms in total. The van der Waals surface area contributed by atoms with Crippen LogP contribution in [0.3, 0.4) is 0 Å². The van der Waals surface area contributed by atoms with Crippen LogP contribution in [-0.4, -0.2) is 51.6 Å². The minimum absolute atomic E-state index is 0.0433. The minimum atomic E-state index is -2.72. The van der Waals surface area contributed by atoms with E-state index in [4.69, 9.17) is 0 Å². The van der Waals surface area contributed by atoms with E-state index >= 15 is 0 Å². The number of nitrogens with zero attached hydrogens (tertiary/aromatic N) is 4. The number of alkyl halides is 2. The third-order valence-corrected chi connectivity index (χ3v) is 6.39. The minimum Gasteiger partial charge on any atom is -0.342 e. The fourth-order valence-corrected chi connectivity index (χ4v) is 4.86. The highest BCUT2D eigenvalue weighted by Gasteiger charge is 2.33. The van der Waals surface area contributed by atoms with Crippen LogP contribution in [0.5, 0.6) is 0 Å². The van der Waals surface area contributed by atoms with Crippen LogP contribution in [-0.2, 0) is 22.4 Å². The molecule has 1 aliphatic heterocycles. The van der Waals surface area contributed by atoms with Crippen molar-refractivity contribution in [3.05, 3.63) is 11.4 Å². The van der Waals surface area contributed by atoms with Crippen molar-refractivity contribution in [2.75, 3.05) is 13.1 Å². The van der Waals surface area contributed by atoms with Crippen molar-refractivity contribution in [3.63, 3.8) is 0 Å². The van der Waals surface area contributed by atoms with Crippen molar-refractivity contribution < 1.29 is 18.3 Å². The fraction of sp³-hybridized carbons (Fsp3) is 0.842. The molecule has 150 valence electrons. The van der Waals surface area contributed by atoms with Gasteiger partial charge in [-0.05, 0) is 64.2 Å². The van der Waals surface area contributed by atoms with E-state index in [-0.39, 0.29) is 11.8 Å². The zero-order valence-corrected chi connectivity index (χ0v) is 15.7. The number of carbonyl (C=O) groups is 1. The summed E-state index contributed by atoms with van der Waals surface area (Å²) in [6.07, 6.45) is 8.29. The van der Waals surface area contributed by atoms with Gasteiger partial charge in [0.05, 0.1) is 23.5 Å². The molecule has 0 atom stereocenters. The third-order valence-electron chi connectivity index (χ3n) is 6.39. The van der Waals surface area contributed by atoms with Crippen LogP contribution < -0.4 is 0 Å². The van der Waals surface area contributed by atoms with Gasteiger partial charge in [-0.2, -0.15) is 8.78 Å². The first kappa shape index (κ1) is 18.8. The Kier molecular flexibility index (Phi) is 5.71. The molecule has 2 fully saturated rings. The second-order valence-corrected chi connectivity index (χ2v) is 8.06. The molecule has 1 aromatic rings. The SMILES string of the molecule is O=C(C1CCC(OC(F)F)CC1)N1CCC(n2nnc3c2CCCC3)CC1. The lowest BCUT2D eigenvalue weighted by atomic mass is 9.86. The summed E-state index contributed by atoms with van der Waals surface area (Å²) in [5.74, 6) is 0.141. The second-order valence-electron chi connectivity index (χ2n) is 8.06. The van der Waals surface area contributed by atoms with Crippen molar-refractivity contribution in [2.45, 2.75) is 83.0 Å². The Balaban J connectivity index is 1.28. The maximum atomic E-state index is 12.8. The van der Waals surface area contributed by atoms with Gasteiger partial charge in [-0.1, -0.05) is 5.21 Å². The predicted octanol–water partition coefficient (Wildman–Crippen LogP) is 3.12. The summed E-state index contributed by atoms with van der Waals surface area (Å²) in [5, 5.41) is 8.76. The van der Waals surface area contributed by atoms with Gasteiger partial charge in [0.25, 0.3) is 0 Å². The van der Waals surface area contributed by atoms with E-state index < -0.39 is 12.7 Å². The van der Waals surface area contributed by atoms with Crippen LogP contribution in [0.15, 0.2) is 0 Å². The number of hydrogen-bond acceptors (Lipinski definition) is 4. The maximum Gasteiger partial charge on any atom is 0.345 e. The molecule has 1 aromatic heterocycles. The molecule has 0 spiro atoms. The number of likely N-dealkylation sites (tertiary alicyclic amines) is 1. The zero-order chi connectivity index (χ0) is 18.8. The Morgan fingerprint density at radius 1 is 1.04 bits per heavy atom. The van der Waals surface area contributed by atoms with E-state index in [1.165, 1.54) is 18.5 Å². The number of hydrogen-bond donors (Lipinski definition) is 0. The van der Waals surface area contributed by atoms with Gasteiger partial charge < -0.3 is 9.64 Å². The monoisotopic (exact) mass is 382 g/mol. The lowest BCUT2D eigenvalue weighted by molar-refractivity contribution is -0.173. The summed E-state index contributed by atoms with van der Waals surface area (Å²) in [5.41, 5.74) is 2.45. The average molecular weight is 382 g/mol. The summed E-state index contributed by atoms with van der Waals surface area (Å²) in [7, 11) is 0. The highest BCUT2D eigenvalue weighted by molar-refractivity contribution is 5.79. The first-order valence-corrected chi connectivity index (χ1v) is 10.3. The number of ether oxygens (including phenoxy) is 1. The maximum absolute atomic E-state index is 12.8. The van der Waals surface area contributed by atoms with Gasteiger partial charge >= 0.3 is 6.61 Å². The summed E-state index contributed by atoms with van der Waals surface area (Å²) in [6, 6.07) is 0.332. The Labute approximate surface area is 158 Å². The molecular weight excluding hydrogens is 354 g/mol. The average Bonchev–Trinajstić information content (AvgIpc) is 3.12. The molecule has 0 aromatic carbocycles. The number of rotatable bonds is 4. The fourth-order valence-electron chi connectivity index (χ4n) is 4.86. The molecule has 8 heteroatoms. The number of carbonyl (C=O) groups excluding carboxylic acids is 1. The molecule has 2 heterocycles. The second kappa shape index (κ2) is 8.20. The molecule has 4 rings (SSSR count). The smallest absolute Gasteiger partial charge is 0.342 e. The Morgan fingerprint density at radius 2 is 1.74 bits per heavy atom. The van der Waals surface area contributed by atoms with E-state index in [0.717, 1.165) is 44.5 Å². The standard InChI is InChI=1S/C19H28F2N4O2/c20-19(21)27-15-7-5-13(6-8-15)18(26)24-11-9-14(10-12-24)25-17-4-2-1-3-16(17)22-23-25/h13-15,19H,1-12H2. The largest absolute Gasteiger partial charge is 0.345 e. The number of fused-ring (bicyclic) bond motifs is 1. The number of amides is 1. The molecule has 0 N–H and O–H groups in total. The van der Waals surface area contributed by atoms with Crippen LogP contribution in [0.1, 0.15) is 68.8 Å². The highest BCUT2D eigenvalue weighted by atomic mass is 19.3. The van der Waals surface area contributed by atoms with E-state index in [1.807, 2.05) is 4.90 Å². The van der Waals surface area contributed by atoms with Crippen molar-refractivity contribution in [1.82, 2.24) is 19.9 Å². The van der Waals surface area contributed by atoms with Gasteiger partial charge in [0.15, 0.2) is 0 Å². The van der Waals surface area contributed by atoms with Gasteiger partial charge in [0.1, 0.15) is 0 Å². The van der Waals surface area contributed by atoms with Crippen LogP contribution >= 0.6 is 0 Å². The van der Waals surface area contributed by atoms with Crippen LogP contribution in [0.2, 0.25) is 0 Å². The molecule has 2 aliphatic carbocycles. The molecule has 0 radical (unpaired) electrons. The van der Waals surface area contributed by atoms with Crippen molar-refractivity contribution >= 4 is 5.91 Å². The molecule has 1 saturated carbocycles. The van der Waals surface area contributed by atoms with Crippen molar-refractivity contribution in [1.29, 1.82) is 0 Å². The number of piperidine rings is 1. The van der Waals surface area contributed by atoms with Gasteiger partial charge in [-0.15, -0.1) is 5.10 Å². The summed E-state index contributed by atoms with van der Waals surface area (Å²) in [4.78, 5) is 14.8. The predicted molar refractivity (Wildman–Crippen MR) is 94.4 cm³/mol. The molecule has 0 unspecified atom stereocenters. The molecule has 1 amide bonds. The Hall–Kier alpha value is -1.57. The lowest BCUT2D eigenvalue weighted by Gasteiger charge is -2.36. The number of aryl methyl sites for hydroxylation is 1. The molecule has 3 aliphatic rings. The van der Waals surface area contributed by atoms with Crippen molar-refractivity contribution in [3.8, 4) is 0 Å². The molecule has 27 heavy (non-hydrogen) atoms. The van der Waals surface area contributed by atoms with Crippen LogP contribution in [0, 0.1) is 5.92 Å². The Morgan fingerprint density at radius 3 is 2.44 bits per heavy atom. The third kappa shape index (κ3) is 4.15. The first-order chi connectivity index (χ1) is 13.1. The number of aromatic nitrogens is 3. The summed E-state index contributed by atoms with van der Waals surface area (Å²) >= 11 is 0. The first-order valence-electron chi connectivity index (χ1n) is 10.3. The van der Waals surface area contributed by atoms with E-state index in [1.54, 1.807) is 0 Å². The van der Waals surface area contributed by atoms with E-state index in [0.29, 0.717) is 31.7 Å². The van der Waals surface area contributed by atoms with Gasteiger partial charge in [-0.25, -0.2) is 4.68 Å². The van der Waals surface area contributed by atoms with E-state index in [2.05, 4.69) is 19.7 Å². The van der Waals surface area contributed by atoms with Gasteiger partial charge in [-0.3, -0.25) is 4.79 Å². The highest BCUT2D eigenvalue weighted by Crippen LogP contribution is 2.32. The summed E-state index contributed by atoms with van der Waals surface area (Å²) in [6.45, 7) is -1.24. The summed E-state index contributed by atoms with van der Waals surface area (Å²) < 4.78 is 31.3. The zero-order valence-electron chi connectivity index (χ0n) is 15.7.